The molecule has 1 aromatic rings. The number of benzene rings is 1. The highest BCUT2D eigenvalue weighted by Crippen LogP contribution is 2.35. The summed E-state index contributed by atoms with van der Waals surface area (Å²) in [6, 6.07) is 3.97. The summed E-state index contributed by atoms with van der Waals surface area (Å²) >= 11 is 0. The number of nitro benzene ring substituents is 1. The molecule has 0 bridgehead atoms. The number of nitrogens with zero attached hydrogens (tertiary/aromatic N) is 2. The molecule has 3 N–H and O–H groups in total. The van der Waals surface area contributed by atoms with Crippen LogP contribution < -0.4 is 15.4 Å². The van der Waals surface area contributed by atoms with Gasteiger partial charge in [0.05, 0.1) is 29.1 Å². The molecule has 1 atom stereocenters. The van der Waals surface area contributed by atoms with E-state index in [9.17, 15) is 18.5 Å². The molecule has 2 fully saturated rings. The Bertz CT molecular complexity index is 713. The number of sulfonamides is 1. The zero-order chi connectivity index (χ0) is 16.6. The molecule has 0 aromatic heterocycles. The van der Waals surface area contributed by atoms with Gasteiger partial charge in [0, 0.05) is 18.7 Å². The van der Waals surface area contributed by atoms with Crippen molar-refractivity contribution in [2.45, 2.75) is 23.4 Å². The molecule has 2 saturated heterocycles. The van der Waals surface area contributed by atoms with Gasteiger partial charge in [0.25, 0.3) is 5.69 Å². The average Bonchev–Trinajstić information content (AvgIpc) is 2.94. The molecule has 2 aliphatic heterocycles. The van der Waals surface area contributed by atoms with E-state index >= 15 is 0 Å². The summed E-state index contributed by atoms with van der Waals surface area (Å²) in [4.78, 5) is 12.6. The van der Waals surface area contributed by atoms with Crippen LogP contribution >= 0.6 is 0 Å². The molecule has 0 spiro atoms. The summed E-state index contributed by atoms with van der Waals surface area (Å²) in [5.41, 5.74) is 0.153. The maximum absolute atomic E-state index is 11.5. The molecule has 10 heteroatoms. The Morgan fingerprint density at radius 2 is 2.09 bits per heavy atom. The molecule has 2 aliphatic rings. The molecule has 9 nitrogen and oxygen atoms in total. The molecule has 126 valence electrons. The van der Waals surface area contributed by atoms with E-state index in [-0.39, 0.29) is 22.7 Å². The fraction of sp³-hybridized carbons (Fsp3) is 0.538. The molecule has 3 rings (SSSR count). The van der Waals surface area contributed by atoms with Crippen molar-refractivity contribution in [3.05, 3.63) is 28.3 Å². The summed E-state index contributed by atoms with van der Waals surface area (Å²) in [7, 11) is -3.99. The van der Waals surface area contributed by atoms with Gasteiger partial charge >= 0.3 is 0 Å². The molecular formula is C13H18N4O5S. The smallest absolute Gasteiger partial charge is 0.293 e. The minimum absolute atomic E-state index is 0.0546. The number of primary sulfonamides is 1. The summed E-state index contributed by atoms with van der Waals surface area (Å²) in [5, 5.41) is 19.8. The quantitative estimate of drug-likeness (QED) is 0.560. The third-order valence-corrected chi connectivity index (χ3v) is 5.10. The molecule has 0 radical (unpaired) electrons. The Kier molecular flexibility index (Phi) is 4.23. The van der Waals surface area contributed by atoms with Crippen LogP contribution in [-0.2, 0) is 14.8 Å². The van der Waals surface area contributed by atoms with Crippen molar-refractivity contribution in [3.63, 3.8) is 0 Å². The second-order valence-corrected chi connectivity index (χ2v) is 7.26. The van der Waals surface area contributed by atoms with Gasteiger partial charge in [-0.25, -0.2) is 13.6 Å². The van der Waals surface area contributed by atoms with Crippen molar-refractivity contribution in [1.29, 1.82) is 0 Å². The lowest BCUT2D eigenvalue weighted by Gasteiger charge is -2.42. The van der Waals surface area contributed by atoms with Crippen molar-refractivity contribution in [1.82, 2.24) is 5.32 Å². The van der Waals surface area contributed by atoms with Crippen LogP contribution in [0, 0.1) is 10.1 Å². The van der Waals surface area contributed by atoms with Crippen molar-refractivity contribution in [2.75, 3.05) is 31.2 Å². The highest BCUT2D eigenvalue weighted by Gasteiger charge is 2.37. The van der Waals surface area contributed by atoms with Crippen molar-refractivity contribution >= 4 is 21.4 Å². The average molecular weight is 342 g/mol. The van der Waals surface area contributed by atoms with E-state index in [2.05, 4.69) is 5.32 Å². The third-order valence-electron chi connectivity index (χ3n) is 4.19. The Labute approximate surface area is 133 Å². The van der Waals surface area contributed by atoms with E-state index in [0.29, 0.717) is 18.9 Å². The van der Waals surface area contributed by atoms with Crippen LogP contribution in [0.15, 0.2) is 23.1 Å². The van der Waals surface area contributed by atoms with Gasteiger partial charge in [-0.15, -0.1) is 0 Å². The van der Waals surface area contributed by atoms with Crippen LogP contribution in [0.5, 0.6) is 0 Å². The summed E-state index contributed by atoms with van der Waals surface area (Å²) < 4.78 is 28.1. The van der Waals surface area contributed by atoms with Crippen LogP contribution in [0.3, 0.4) is 0 Å². The fourth-order valence-corrected chi connectivity index (χ4v) is 3.53. The van der Waals surface area contributed by atoms with Gasteiger partial charge in [0.2, 0.25) is 10.0 Å². The lowest BCUT2D eigenvalue weighted by atomic mass is 10.1. The number of ether oxygens (including phenoxy) is 1. The number of nitro groups is 1. The van der Waals surface area contributed by atoms with Gasteiger partial charge in [-0.3, -0.25) is 10.1 Å². The van der Waals surface area contributed by atoms with Crippen LogP contribution in [-0.4, -0.2) is 51.7 Å². The third kappa shape index (κ3) is 3.15. The second kappa shape index (κ2) is 6.04. The normalized spacial score (nSPS) is 21.9. The lowest BCUT2D eigenvalue weighted by molar-refractivity contribution is -0.384. The van der Waals surface area contributed by atoms with Gasteiger partial charge < -0.3 is 15.0 Å². The topological polar surface area (TPSA) is 128 Å². The largest absolute Gasteiger partial charge is 0.377 e. The van der Waals surface area contributed by atoms with E-state index in [1.807, 2.05) is 4.90 Å². The Morgan fingerprint density at radius 3 is 2.57 bits per heavy atom. The Hall–Kier alpha value is -1.75. The zero-order valence-electron chi connectivity index (χ0n) is 12.3. The van der Waals surface area contributed by atoms with Crippen LogP contribution in [0.1, 0.15) is 6.42 Å². The molecule has 0 amide bonds. The van der Waals surface area contributed by atoms with E-state index in [0.717, 1.165) is 25.6 Å². The van der Waals surface area contributed by atoms with Crippen LogP contribution in [0.25, 0.3) is 0 Å². The highest BCUT2D eigenvalue weighted by atomic mass is 32.2. The van der Waals surface area contributed by atoms with Gasteiger partial charge in [0.15, 0.2) is 0 Å². The molecule has 0 unspecified atom stereocenters. The van der Waals surface area contributed by atoms with E-state index in [4.69, 9.17) is 9.88 Å². The maximum atomic E-state index is 11.5. The number of nitrogens with two attached hydrogens (primary N) is 1. The van der Waals surface area contributed by atoms with Crippen molar-refractivity contribution in [3.8, 4) is 0 Å². The van der Waals surface area contributed by atoms with Crippen molar-refractivity contribution in [2.24, 2.45) is 5.14 Å². The van der Waals surface area contributed by atoms with Gasteiger partial charge in [0.1, 0.15) is 5.69 Å². The van der Waals surface area contributed by atoms with Gasteiger partial charge in [-0.1, -0.05) is 0 Å². The Balaban J connectivity index is 2.06. The number of rotatable bonds is 5. The van der Waals surface area contributed by atoms with E-state index in [1.54, 1.807) is 0 Å². The van der Waals surface area contributed by atoms with Crippen LogP contribution in [0.4, 0.5) is 11.4 Å². The minimum atomic E-state index is -3.99. The monoisotopic (exact) mass is 342 g/mol. The molecule has 0 aliphatic carbocycles. The SMILES string of the molecule is NS(=O)(=O)c1ccc(N(C2COC2)[C@H]2CCNC2)c([N+](=O)[O-])c1. The minimum Gasteiger partial charge on any atom is -0.377 e. The highest BCUT2D eigenvalue weighted by molar-refractivity contribution is 7.89. The standard InChI is InChI=1S/C13H18N4O5S/c14-23(20,21)11-1-2-12(13(5-11)17(18)19)16(10-7-22-8-10)9-3-4-15-6-9/h1-2,5,9-10,15H,3-4,6-8H2,(H2,14,20,21)/t9-/m0/s1. The van der Waals surface area contributed by atoms with Gasteiger partial charge in [-0.05, 0) is 25.1 Å². The number of anilines is 1. The molecule has 1 aromatic carbocycles. The first-order chi connectivity index (χ1) is 10.9. The molecular weight excluding hydrogens is 324 g/mol. The fourth-order valence-electron chi connectivity index (χ4n) is 3.00. The van der Waals surface area contributed by atoms with Gasteiger partial charge in [-0.2, -0.15) is 0 Å². The first kappa shape index (κ1) is 16.1. The molecule has 0 saturated carbocycles. The van der Waals surface area contributed by atoms with E-state index < -0.39 is 14.9 Å². The molecule has 2 heterocycles. The zero-order valence-corrected chi connectivity index (χ0v) is 13.2. The maximum Gasteiger partial charge on any atom is 0.293 e. The number of hydrogen-bond donors (Lipinski definition) is 2. The first-order valence-corrected chi connectivity index (χ1v) is 8.80. The summed E-state index contributed by atoms with van der Waals surface area (Å²) in [6.07, 6.45) is 0.866. The van der Waals surface area contributed by atoms with Crippen LogP contribution in [0.2, 0.25) is 0 Å². The Morgan fingerprint density at radius 1 is 1.35 bits per heavy atom. The summed E-state index contributed by atoms with van der Waals surface area (Å²) in [5.74, 6) is 0. The first-order valence-electron chi connectivity index (χ1n) is 7.26. The number of nitrogens with one attached hydrogen (secondary N) is 1. The predicted octanol–water partition coefficient (Wildman–Crippen LogP) is -0.191. The second-order valence-electron chi connectivity index (χ2n) is 5.70. The number of hydrogen-bond acceptors (Lipinski definition) is 7. The molecule has 23 heavy (non-hydrogen) atoms. The van der Waals surface area contributed by atoms with E-state index in [1.165, 1.54) is 12.1 Å². The predicted molar refractivity (Wildman–Crippen MR) is 82.8 cm³/mol. The lowest BCUT2D eigenvalue weighted by Crippen LogP contribution is -2.54. The summed E-state index contributed by atoms with van der Waals surface area (Å²) in [6.45, 7) is 2.58. The van der Waals surface area contributed by atoms with Crippen molar-refractivity contribution < 1.29 is 18.1 Å².